The molecule has 1 atom stereocenters. The molecule has 0 aliphatic rings. The fourth-order valence-electron chi connectivity index (χ4n) is 3.09. The molecular formula is C25H23O5-. The quantitative estimate of drug-likeness (QED) is 0.476. The fourth-order valence-corrected chi connectivity index (χ4v) is 3.09. The molecule has 0 spiro atoms. The van der Waals surface area contributed by atoms with Crippen LogP contribution >= 0.6 is 0 Å². The molecule has 5 nitrogen and oxygen atoms in total. The molecule has 0 saturated carbocycles. The average molecular weight is 403 g/mol. The number of benzene rings is 3. The van der Waals surface area contributed by atoms with E-state index < -0.39 is 12.1 Å². The second kappa shape index (κ2) is 10.3. The van der Waals surface area contributed by atoms with Gasteiger partial charge < -0.3 is 19.4 Å². The van der Waals surface area contributed by atoms with E-state index in [0.29, 0.717) is 23.7 Å². The Labute approximate surface area is 175 Å². The summed E-state index contributed by atoms with van der Waals surface area (Å²) in [4.78, 5) is 23.1. The minimum atomic E-state index is -1.15. The van der Waals surface area contributed by atoms with Crippen molar-refractivity contribution in [2.45, 2.75) is 32.5 Å². The molecule has 0 amide bonds. The summed E-state index contributed by atoms with van der Waals surface area (Å²) >= 11 is 0. The standard InChI is InChI=1S/C25H24O5/c1-18(26)22-13-12-21(29-17-19-8-4-2-5-9-19)16-24(22)30-23(14-15-25(27)28)20-10-6-3-7-11-20/h2-13,16,23H,14-15,17H2,1H3,(H,27,28)/p-1. The number of rotatable bonds is 10. The molecule has 0 saturated heterocycles. The zero-order chi connectivity index (χ0) is 21.3. The lowest BCUT2D eigenvalue weighted by molar-refractivity contribution is -0.306. The predicted molar refractivity (Wildman–Crippen MR) is 111 cm³/mol. The minimum Gasteiger partial charge on any atom is -0.550 e. The molecule has 154 valence electrons. The number of hydrogen-bond donors (Lipinski definition) is 0. The third kappa shape index (κ3) is 5.95. The topological polar surface area (TPSA) is 75.7 Å². The summed E-state index contributed by atoms with van der Waals surface area (Å²) in [7, 11) is 0. The third-order valence-electron chi connectivity index (χ3n) is 4.63. The van der Waals surface area contributed by atoms with Crippen LogP contribution in [-0.2, 0) is 11.4 Å². The number of carbonyl (C=O) groups is 2. The Bertz CT molecular complexity index is 983. The lowest BCUT2D eigenvalue weighted by Gasteiger charge is -2.22. The van der Waals surface area contributed by atoms with Gasteiger partial charge in [-0.1, -0.05) is 60.7 Å². The first-order valence-electron chi connectivity index (χ1n) is 9.76. The normalized spacial score (nSPS) is 11.5. The van der Waals surface area contributed by atoms with Crippen LogP contribution in [0.15, 0.2) is 78.9 Å². The van der Waals surface area contributed by atoms with Crippen molar-refractivity contribution < 1.29 is 24.2 Å². The second-order valence-electron chi connectivity index (χ2n) is 6.92. The largest absolute Gasteiger partial charge is 0.550 e. The first-order chi connectivity index (χ1) is 14.5. The summed E-state index contributed by atoms with van der Waals surface area (Å²) in [6, 6.07) is 24.1. The van der Waals surface area contributed by atoms with E-state index in [1.807, 2.05) is 60.7 Å². The van der Waals surface area contributed by atoms with E-state index in [-0.39, 0.29) is 18.6 Å². The van der Waals surface area contributed by atoms with Gasteiger partial charge in [0.1, 0.15) is 24.2 Å². The van der Waals surface area contributed by atoms with Crippen molar-refractivity contribution in [2.75, 3.05) is 0 Å². The Morgan fingerprint density at radius 2 is 1.60 bits per heavy atom. The van der Waals surface area contributed by atoms with E-state index in [1.54, 1.807) is 18.2 Å². The van der Waals surface area contributed by atoms with Crippen LogP contribution in [0.1, 0.15) is 47.4 Å². The van der Waals surface area contributed by atoms with Gasteiger partial charge in [0.25, 0.3) is 0 Å². The molecule has 0 N–H and O–H groups in total. The molecule has 3 aromatic rings. The first kappa shape index (κ1) is 21.1. The maximum absolute atomic E-state index is 12.1. The van der Waals surface area contributed by atoms with Gasteiger partial charge in [0.05, 0.1) is 5.56 Å². The number of ketones is 1. The molecule has 0 bridgehead atoms. The molecule has 0 aliphatic carbocycles. The molecule has 0 heterocycles. The summed E-state index contributed by atoms with van der Waals surface area (Å²) < 4.78 is 12.0. The molecule has 1 unspecified atom stereocenters. The number of carboxylic acid groups (broad SMARTS) is 1. The van der Waals surface area contributed by atoms with Gasteiger partial charge in [-0.25, -0.2) is 0 Å². The van der Waals surface area contributed by atoms with E-state index in [4.69, 9.17) is 9.47 Å². The molecule has 3 aromatic carbocycles. The highest BCUT2D eigenvalue weighted by molar-refractivity contribution is 5.97. The number of carboxylic acids is 1. The second-order valence-corrected chi connectivity index (χ2v) is 6.92. The lowest BCUT2D eigenvalue weighted by atomic mass is 10.0. The van der Waals surface area contributed by atoms with Crippen LogP contribution in [0.3, 0.4) is 0 Å². The van der Waals surface area contributed by atoms with Crippen molar-refractivity contribution in [1.29, 1.82) is 0 Å². The van der Waals surface area contributed by atoms with Crippen molar-refractivity contribution in [3.63, 3.8) is 0 Å². The molecule has 0 aliphatic heterocycles. The Kier molecular flexibility index (Phi) is 7.22. The van der Waals surface area contributed by atoms with Crippen LogP contribution < -0.4 is 14.6 Å². The highest BCUT2D eigenvalue weighted by Gasteiger charge is 2.18. The Morgan fingerprint density at radius 1 is 0.933 bits per heavy atom. The number of ether oxygens (including phenoxy) is 2. The summed E-state index contributed by atoms with van der Waals surface area (Å²) in [5, 5.41) is 11.0. The molecular weight excluding hydrogens is 380 g/mol. The zero-order valence-corrected chi connectivity index (χ0v) is 16.7. The van der Waals surface area contributed by atoms with Crippen molar-refractivity contribution in [3.8, 4) is 11.5 Å². The van der Waals surface area contributed by atoms with E-state index in [1.165, 1.54) is 6.92 Å². The Balaban J connectivity index is 1.84. The smallest absolute Gasteiger partial charge is 0.163 e. The van der Waals surface area contributed by atoms with Gasteiger partial charge in [-0.15, -0.1) is 0 Å². The summed E-state index contributed by atoms with van der Waals surface area (Å²) in [5.74, 6) is -0.372. The lowest BCUT2D eigenvalue weighted by Crippen LogP contribution is -2.23. The van der Waals surface area contributed by atoms with Crippen LogP contribution in [0.25, 0.3) is 0 Å². The average Bonchev–Trinajstić information content (AvgIpc) is 2.76. The zero-order valence-electron chi connectivity index (χ0n) is 16.7. The van der Waals surface area contributed by atoms with Crippen LogP contribution in [0.2, 0.25) is 0 Å². The van der Waals surface area contributed by atoms with Crippen LogP contribution in [0.4, 0.5) is 0 Å². The maximum atomic E-state index is 12.1. The van der Waals surface area contributed by atoms with Crippen LogP contribution in [0, 0.1) is 0 Å². The van der Waals surface area contributed by atoms with Crippen molar-refractivity contribution in [2.24, 2.45) is 0 Å². The molecule has 0 radical (unpaired) electrons. The van der Waals surface area contributed by atoms with Gasteiger partial charge in [-0.05, 0) is 43.0 Å². The van der Waals surface area contributed by atoms with E-state index >= 15 is 0 Å². The summed E-state index contributed by atoms with van der Waals surface area (Å²) in [6.07, 6.45) is -0.468. The fraction of sp³-hybridized carbons (Fsp3) is 0.200. The van der Waals surface area contributed by atoms with Gasteiger partial charge in [0.15, 0.2) is 5.78 Å². The number of aliphatic carboxylic acids is 1. The van der Waals surface area contributed by atoms with Gasteiger partial charge in [-0.3, -0.25) is 4.79 Å². The monoisotopic (exact) mass is 403 g/mol. The number of carbonyl (C=O) groups excluding carboxylic acids is 2. The number of hydrogen-bond acceptors (Lipinski definition) is 5. The Morgan fingerprint density at radius 3 is 2.23 bits per heavy atom. The minimum absolute atomic E-state index is 0.147. The van der Waals surface area contributed by atoms with Gasteiger partial charge >= 0.3 is 0 Å². The van der Waals surface area contributed by atoms with E-state index in [9.17, 15) is 14.7 Å². The van der Waals surface area contributed by atoms with Crippen molar-refractivity contribution in [3.05, 3.63) is 95.6 Å². The Hall–Kier alpha value is -3.60. The summed E-state index contributed by atoms with van der Waals surface area (Å²) in [5.41, 5.74) is 2.26. The highest BCUT2D eigenvalue weighted by Crippen LogP contribution is 2.32. The first-order valence-corrected chi connectivity index (χ1v) is 9.76. The maximum Gasteiger partial charge on any atom is 0.163 e. The van der Waals surface area contributed by atoms with Crippen LogP contribution in [0.5, 0.6) is 11.5 Å². The van der Waals surface area contributed by atoms with Crippen molar-refractivity contribution >= 4 is 11.8 Å². The van der Waals surface area contributed by atoms with Gasteiger partial charge in [0, 0.05) is 12.0 Å². The predicted octanol–water partition coefficient (Wildman–Crippen LogP) is 4.12. The molecule has 3 rings (SSSR count). The van der Waals surface area contributed by atoms with Crippen molar-refractivity contribution in [1.82, 2.24) is 0 Å². The number of Topliss-reactive ketones (excluding diaryl/α,β-unsaturated/α-hetero) is 1. The van der Waals surface area contributed by atoms with E-state index in [2.05, 4.69) is 0 Å². The van der Waals surface area contributed by atoms with E-state index in [0.717, 1.165) is 11.1 Å². The summed E-state index contributed by atoms with van der Waals surface area (Å²) in [6.45, 7) is 1.85. The SMILES string of the molecule is CC(=O)c1ccc(OCc2ccccc2)cc1OC(CCC(=O)[O-])c1ccccc1. The van der Waals surface area contributed by atoms with Gasteiger partial charge in [-0.2, -0.15) is 0 Å². The van der Waals surface area contributed by atoms with Gasteiger partial charge in [0.2, 0.25) is 0 Å². The molecule has 0 fully saturated rings. The highest BCUT2D eigenvalue weighted by atomic mass is 16.5. The molecule has 0 aromatic heterocycles. The third-order valence-corrected chi connectivity index (χ3v) is 4.63. The molecule has 30 heavy (non-hydrogen) atoms. The molecule has 5 heteroatoms. The van der Waals surface area contributed by atoms with Crippen LogP contribution in [-0.4, -0.2) is 11.8 Å².